The van der Waals surface area contributed by atoms with E-state index in [-0.39, 0.29) is 9.72 Å². The van der Waals surface area contributed by atoms with Crippen molar-refractivity contribution in [1.29, 1.82) is 0 Å². The Kier molecular flexibility index (Phi) is 6.29. The maximum atomic E-state index is 12.0. The molecule has 19 heavy (non-hydrogen) atoms. The number of benzene rings is 1. The fourth-order valence-electron chi connectivity index (χ4n) is 1.63. The lowest BCUT2D eigenvalue weighted by molar-refractivity contribution is 0.414. The van der Waals surface area contributed by atoms with Gasteiger partial charge in [-0.3, -0.25) is 0 Å². The molecule has 0 spiro atoms. The van der Waals surface area contributed by atoms with Crippen molar-refractivity contribution in [3.63, 3.8) is 0 Å². The first-order valence-electron chi connectivity index (χ1n) is 6.13. The number of nitrogens with one attached hydrogen (secondary N) is 1. The van der Waals surface area contributed by atoms with Gasteiger partial charge in [0.1, 0.15) is 5.75 Å². The molecule has 0 aliphatic carbocycles. The van der Waals surface area contributed by atoms with Crippen LogP contribution in [0.4, 0.5) is 0 Å². The van der Waals surface area contributed by atoms with Crippen LogP contribution in [0.15, 0.2) is 29.2 Å². The van der Waals surface area contributed by atoms with Gasteiger partial charge in [-0.25, -0.2) is 13.1 Å². The van der Waals surface area contributed by atoms with Gasteiger partial charge in [-0.15, -0.1) is 0 Å². The van der Waals surface area contributed by atoms with Crippen LogP contribution in [0.2, 0.25) is 0 Å². The first-order chi connectivity index (χ1) is 8.85. The second-order valence-corrected chi connectivity index (χ2v) is 7.82. The second kappa shape index (κ2) is 7.26. The number of halogens is 1. The number of methoxy groups -OCH3 is 1. The Morgan fingerprint density at radius 3 is 2.32 bits per heavy atom. The SMILES string of the molecule is COc1ccc(S(=O)(=O)NCC(Br)CC(C)C)cc1. The average Bonchev–Trinajstić information content (AvgIpc) is 2.36. The lowest BCUT2D eigenvalue weighted by Gasteiger charge is -2.13. The van der Waals surface area contributed by atoms with Crippen LogP contribution >= 0.6 is 15.9 Å². The third kappa shape index (κ3) is 5.50. The summed E-state index contributed by atoms with van der Waals surface area (Å²) in [6, 6.07) is 6.34. The van der Waals surface area contributed by atoms with E-state index in [4.69, 9.17) is 4.74 Å². The summed E-state index contributed by atoms with van der Waals surface area (Å²) in [5.41, 5.74) is 0. The third-order valence-corrected chi connectivity index (χ3v) is 4.73. The summed E-state index contributed by atoms with van der Waals surface area (Å²) in [5, 5.41) is 0. The monoisotopic (exact) mass is 349 g/mol. The Bertz CT molecular complexity index is 485. The Hall–Kier alpha value is -0.590. The van der Waals surface area contributed by atoms with Crippen molar-refractivity contribution < 1.29 is 13.2 Å². The summed E-state index contributed by atoms with van der Waals surface area (Å²) >= 11 is 3.48. The summed E-state index contributed by atoms with van der Waals surface area (Å²) in [4.78, 5) is 0.387. The fraction of sp³-hybridized carbons (Fsp3) is 0.538. The zero-order chi connectivity index (χ0) is 14.5. The number of hydrogen-bond donors (Lipinski definition) is 1. The molecule has 108 valence electrons. The van der Waals surface area contributed by atoms with E-state index in [1.54, 1.807) is 19.2 Å². The molecule has 0 fully saturated rings. The van der Waals surface area contributed by atoms with Crippen molar-refractivity contribution in [1.82, 2.24) is 4.72 Å². The van der Waals surface area contributed by atoms with Crippen LogP contribution < -0.4 is 9.46 Å². The minimum absolute atomic E-state index is 0.139. The van der Waals surface area contributed by atoms with Crippen LogP contribution in [0, 0.1) is 5.92 Å². The zero-order valence-electron chi connectivity index (χ0n) is 11.4. The molecular formula is C13H20BrNO3S. The average molecular weight is 350 g/mol. The van der Waals surface area contributed by atoms with Crippen LogP contribution in [-0.4, -0.2) is 26.9 Å². The van der Waals surface area contributed by atoms with Gasteiger partial charge in [-0.2, -0.15) is 0 Å². The molecule has 0 aliphatic heterocycles. The van der Waals surface area contributed by atoms with E-state index >= 15 is 0 Å². The molecule has 6 heteroatoms. The summed E-state index contributed by atoms with van der Waals surface area (Å²) in [5.74, 6) is 1.16. The summed E-state index contributed by atoms with van der Waals surface area (Å²) < 4.78 is 31.7. The molecule has 1 N–H and O–H groups in total. The van der Waals surface area contributed by atoms with Gasteiger partial charge in [-0.1, -0.05) is 29.8 Å². The molecule has 1 rings (SSSR count). The predicted molar refractivity (Wildman–Crippen MR) is 80.4 cm³/mol. The van der Waals surface area contributed by atoms with E-state index in [9.17, 15) is 8.42 Å². The minimum Gasteiger partial charge on any atom is -0.497 e. The van der Waals surface area contributed by atoms with E-state index in [2.05, 4.69) is 34.5 Å². The molecule has 0 saturated heterocycles. The molecule has 0 amide bonds. The molecule has 0 heterocycles. The largest absolute Gasteiger partial charge is 0.497 e. The van der Waals surface area contributed by atoms with Gasteiger partial charge < -0.3 is 4.74 Å². The van der Waals surface area contributed by atoms with E-state index < -0.39 is 10.0 Å². The molecule has 0 radical (unpaired) electrons. The van der Waals surface area contributed by atoms with Crippen LogP contribution in [0.25, 0.3) is 0 Å². The van der Waals surface area contributed by atoms with Crippen LogP contribution in [-0.2, 0) is 10.0 Å². The minimum atomic E-state index is -3.45. The summed E-state index contributed by atoms with van der Waals surface area (Å²) in [6.07, 6.45) is 0.922. The molecule has 0 saturated carbocycles. The first-order valence-corrected chi connectivity index (χ1v) is 8.53. The predicted octanol–water partition coefficient (Wildman–Crippen LogP) is 2.78. The third-order valence-electron chi connectivity index (χ3n) is 2.59. The number of hydrogen-bond acceptors (Lipinski definition) is 3. The zero-order valence-corrected chi connectivity index (χ0v) is 13.8. The highest BCUT2D eigenvalue weighted by Gasteiger charge is 2.16. The lowest BCUT2D eigenvalue weighted by Crippen LogP contribution is -2.30. The Labute approximate surface area is 123 Å². The highest BCUT2D eigenvalue weighted by Crippen LogP contribution is 2.16. The number of sulfonamides is 1. The van der Waals surface area contributed by atoms with Crippen LogP contribution in [0.5, 0.6) is 5.75 Å². The number of ether oxygens (including phenoxy) is 1. The van der Waals surface area contributed by atoms with Gasteiger partial charge in [0.05, 0.1) is 12.0 Å². The maximum absolute atomic E-state index is 12.0. The van der Waals surface area contributed by atoms with Crippen molar-refractivity contribution in [2.45, 2.75) is 30.0 Å². The smallest absolute Gasteiger partial charge is 0.240 e. The lowest BCUT2D eigenvalue weighted by atomic mass is 10.1. The Morgan fingerprint density at radius 2 is 1.84 bits per heavy atom. The maximum Gasteiger partial charge on any atom is 0.240 e. The van der Waals surface area contributed by atoms with Gasteiger partial charge in [0.15, 0.2) is 0 Å². The topological polar surface area (TPSA) is 55.4 Å². The molecule has 1 unspecified atom stereocenters. The number of alkyl halides is 1. The highest BCUT2D eigenvalue weighted by molar-refractivity contribution is 9.09. The molecule has 1 aromatic carbocycles. The van der Waals surface area contributed by atoms with E-state index in [0.717, 1.165) is 6.42 Å². The molecule has 0 bridgehead atoms. The summed E-state index contributed by atoms with van der Waals surface area (Å²) in [6.45, 7) is 4.59. The molecular weight excluding hydrogens is 330 g/mol. The molecule has 1 aromatic rings. The van der Waals surface area contributed by atoms with E-state index in [0.29, 0.717) is 18.2 Å². The first kappa shape index (κ1) is 16.5. The van der Waals surface area contributed by atoms with Crippen molar-refractivity contribution >= 4 is 26.0 Å². The normalized spacial score (nSPS) is 13.5. The van der Waals surface area contributed by atoms with Gasteiger partial charge in [0.25, 0.3) is 0 Å². The van der Waals surface area contributed by atoms with Gasteiger partial charge in [-0.05, 0) is 36.6 Å². The second-order valence-electron chi connectivity index (χ2n) is 4.75. The van der Waals surface area contributed by atoms with Crippen molar-refractivity contribution in [2.24, 2.45) is 5.92 Å². The van der Waals surface area contributed by atoms with Gasteiger partial charge in [0.2, 0.25) is 10.0 Å². The van der Waals surface area contributed by atoms with Crippen LogP contribution in [0.3, 0.4) is 0 Å². The summed E-state index contributed by atoms with van der Waals surface area (Å²) in [7, 11) is -1.91. The molecule has 1 atom stereocenters. The van der Waals surface area contributed by atoms with Crippen molar-refractivity contribution in [3.05, 3.63) is 24.3 Å². The van der Waals surface area contributed by atoms with Gasteiger partial charge in [0, 0.05) is 11.4 Å². The van der Waals surface area contributed by atoms with Crippen molar-refractivity contribution in [2.75, 3.05) is 13.7 Å². The van der Waals surface area contributed by atoms with Crippen molar-refractivity contribution in [3.8, 4) is 5.75 Å². The van der Waals surface area contributed by atoms with Gasteiger partial charge >= 0.3 is 0 Å². The fourth-order valence-corrected chi connectivity index (χ4v) is 3.84. The molecule has 0 aromatic heterocycles. The number of rotatable bonds is 7. The quantitative estimate of drug-likeness (QED) is 0.770. The Balaban J connectivity index is 2.65. The highest BCUT2D eigenvalue weighted by atomic mass is 79.9. The standard InChI is InChI=1S/C13H20BrNO3S/c1-10(2)8-11(14)9-15-19(16,17)13-6-4-12(18-3)5-7-13/h4-7,10-11,15H,8-9H2,1-3H3. The molecule has 0 aliphatic rings. The Morgan fingerprint density at radius 1 is 1.26 bits per heavy atom. The van der Waals surface area contributed by atoms with E-state index in [1.807, 2.05) is 0 Å². The van der Waals surface area contributed by atoms with Crippen LogP contribution in [0.1, 0.15) is 20.3 Å². The molecule has 4 nitrogen and oxygen atoms in total. The van der Waals surface area contributed by atoms with E-state index in [1.165, 1.54) is 12.1 Å².